The van der Waals surface area contributed by atoms with Crippen LogP contribution < -0.4 is 4.74 Å². The van der Waals surface area contributed by atoms with E-state index < -0.39 is 0 Å². The number of ether oxygens (including phenoxy) is 1. The summed E-state index contributed by atoms with van der Waals surface area (Å²) in [7, 11) is 1.62. The van der Waals surface area contributed by atoms with Crippen LogP contribution in [-0.4, -0.2) is 27.4 Å². The van der Waals surface area contributed by atoms with Crippen LogP contribution in [0.2, 0.25) is 0 Å². The normalized spacial score (nSPS) is 10.4. The first-order valence-electron chi connectivity index (χ1n) is 6.13. The van der Waals surface area contributed by atoms with Crippen molar-refractivity contribution in [2.75, 3.05) is 7.11 Å². The van der Waals surface area contributed by atoms with Crippen molar-refractivity contribution in [2.24, 2.45) is 0 Å². The number of aromatic amines is 1. The molecule has 5 nitrogen and oxygen atoms in total. The van der Waals surface area contributed by atoms with Crippen molar-refractivity contribution in [1.29, 1.82) is 0 Å². The number of aromatic nitrogens is 3. The summed E-state index contributed by atoms with van der Waals surface area (Å²) in [5.74, 6) is 2.06. The number of aromatic hydroxyl groups is 1. The molecule has 0 saturated carbocycles. The quantitative estimate of drug-likeness (QED) is 0.765. The first-order chi connectivity index (χ1) is 9.78. The zero-order valence-corrected chi connectivity index (χ0v) is 10.9. The average Bonchev–Trinajstić information content (AvgIpc) is 2.97. The molecular formula is C15H13N3O2. The Morgan fingerprint density at radius 2 is 1.80 bits per heavy atom. The molecule has 1 heterocycles. The minimum atomic E-state index is 0.171. The van der Waals surface area contributed by atoms with E-state index in [0.29, 0.717) is 17.2 Å². The van der Waals surface area contributed by atoms with Gasteiger partial charge in [0.2, 0.25) is 0 Å². The van der Waals surface area contributed by atoms with Crippen LogP contribution in [0, 0.1) is 0 Å². The van der Waals surface area contributed by atoms with Gasteiger partial charge in [-0.05, 0) is 36.4 Å². The minimum absolute atomic E-state index is 0.171. The summed E-state index contributed by atoms with van der Waals surface area (Å²) in [6.07, 6.45) is 0. The number of H-pyrrole nitrogens is 1. The molecule has 0 aliphatic heterocycles. The number of benzene rings is 2. The van der Waals surface area contributed by atoms with Gasteiger partial charge in [0.05, 0.1) is 12.7 Å². The smallest absolute Gasteiger partial charge is 0.181 e. The van der Waals surface area contributed by atoms with E-state index in [9.17, 15) is 5.11 Å². The maximum atomic E-state index is 9.81. The highest BCUT2D eigenvalue weighted by Gasteiger charge is 2.10. The number of para-hydroxylation sites is 1. The molecule has 2 N–H and O–H groups in total. The van der Waals surface area contributed by atoms with Gasteiger partial charge in [0.25, 0.3) is 0 Å². The Hall–Kier alpha value is -2.82. The second kappa shape index (κ2) is 5.05. The van der Waals surface area contributed by atoms with Crippen molar-refractivity contribution in [3.8, 4) is 34.3 Å². The number of nitrogens with zero attached hydrogens (tertiary/aromatic N) is 2. The standard InChI is InChI=1S/C15H13N3O2/c1-20-11-8-6-10(7-9-11)14-16-15(18-17-14)12-4-2-3-5-13(12)19/h2-9,19H,1H3,(H,16,17,18). The Labute approximate surface area is 115 Å². The molecule has 1 aromatic heterocycles. The van der Waals surface area contributed by atoms with Crippen LogP contribution in [0.4, 0.5) is 0 Å². The minimum Gasteiger partial charge on any atom is -0.507 e. The monoisotopic (exact) mass is 267 g/mol. The molecule has 20 heavy (non-hydrogen) atoms. The summed E-state index contributed by atoms with van der Waals surface area (Å²) in [6.45, 7) is 0. The maximum absolute atomic E-state index is 9.81. The van der Waals surface area contributed by atoms with Crippen LogP contribution in [0.3, 0.4) is 0 Å². The van der Waals surface area contributed by atoms with Crippen LogP contribution >= 0.6 is 0 Å². The Morgan fingerprint density at radius 1 is 1.05 bits per heavy atom. The number of phenols is 1. The lowest BCUT2D eigenvalue weighted by molar-refractivity contribution is 0.415. The zero-order valence-electron chi connectivity index (χ0n) is 10.9. The first kappa shape index (κ1) is 12.2. The molecule has 0 radical (unpaired) electrons. The van der Waals surface area contributed by atoms with Gasteiger partial charge in [0.1, 0.15) is 11.5 Å². The topological polar surface area (TPSA) is 71.0 Å². The van der Waals surface area contributed by atoms with Gasteiger partial charge in [-0.2, -0.15) is 5.10 Å². The van der Waals surface area contributed by atoms with Crippen molar-refractivity contribution in [3.63, 3.8) is 0 Å². The van der Waals surface area contributed by atoms with Gasteiger partial charge in [-0.15, -0.1) is 0 Å². The van der Waals surface area contributed by atoms with Crippen LogP contribution in [0.25, 0.3) is 22.8 Å². The summed E-state index contributed by atoms with van der Waals surface area (Å²) in [5.41, 5.74) is 1.50. The average molecular weight is 267 g/mol. The summed E-state index contributed by atoms with van der Waals surface area (Å²) in [4.78, 5) is 4.40. The molecule has 0 aliphatic carbocycles. The predicted octanol–water partition coefficient (Wildman–Crippen LogP) is 2.85. The van der Waals surface area contributed by atoms with E-state index in [-0.39, 0.29) is 5.75 Å². The number of rotatable bonds is 3. The lowest BCUT2D eigenvalue weighted by Gasteiger charge is -2.00. The molecule has 100 valence electrons. The zero-order chi connectivity index (χ0) is 13.9. The second-order valence-corrected chi connectivity index (χ2v) is 4.25. The molecule has 3 aromatic rings. The van der Waals surface area contributed by atoms with Crippen molar-refractivity contribution < 1.29 is 9.84 Å². The first-order valence-corrected chi connectivity index (χ1v) is 6.13. The third kappa shape index (κ3) is 2.21. The largest absolute Gasteiger partial charge is 0.507 e. The molecule has 0 amide bonds. The molecule has 0 atom stereocenters. The molecule has 5 heteroatoms. The van der Waals surface area contributed by atoms with Crippen LogP contribution in [0.15, 0.2) is 48.5 Å². The van der Waals surface area contributed by atoms with E-state index in [1.807, 2.05) is 30.3 Å². The molecule has 0 fully saturated rings. The summed E-state index contributed by atoms with van der Waals surface area (Å²) in [6, 6.07) is 14.5. The molecule has 0 bridgehead atoms. The molecule has 0 aliphatic rings. The molecular weight excluding hydrogens is 254 g/mol. The summed E-state index contributed by atoms with van der Waals surface area (Å²) < 4.78 is 5.11. The molecule has 0 unspecified atom stereocenters. The molecule has 2 aromatic carbocycles. The lowest BCUT2D eigenvalue weighted by atomic mass is 10.2. The number of nitrogens with one attached hydrogen (secondary N) is 1. The van der Waals surface area contributed by atoms with E-state index in [2.05, 4.69) is 15.2 Å². The number of hydrogen-bond donors (Lipinski definition) is 2. The third-order valence-corrected chi connectivity index (χ3v) is 2.99. The number of methoxy groups -OCH3 is 1. The van der Waals surface area contributed by atoms with Crippen LogP contribution in [0.1, 0.15) is 0 Å². The molecule has 0 spiro atoms. The number of hydrogen-bond acceptors (Lipinski definition) is 4. The second-order valence-electron chi connectivity index (χ2n) is 4.25. The predicted molar refractivity (Wildman–Crippen MR) is 75.5 cm³/mol. The van der Waals surface area contributed by atoms with Gasteiger partial charge < -0.3 is 9.84 Å². The maximum Gasteiger partial charge on any atom is 0.181 e. The van der Waals surface area contributed by atoms with E-state index in [4.69, 9.17) is 4.74 Å². The van der Waals surface area contributed by atoms with E-state index in [1.54, 1.807) is 25.3 Å². The third-order valence-electron chi connectivity index (χ3n) is 2.99. The van der Waals surface area contributed by atoms with Gasteiger partial charge in [-0.1, -0.05) is 12.1 Å². The van der Waals surface area contributed by atoms with Gasteiger partial charge in [0.15, 0.2) is 11.6 Å². The fourth-order valence-corrected chi connectivity index (χ4v) is 1.93. The summed E-state index contributed by atoms with van der Waals surface area (Å²) >= 11 is 0. The van der Waals surface area contributed by atoms with E-state index in [1.165, 1.54) is 0 Å². The van der Waals surface area contributed by atoms with E-state index in [0.717, 1.165) is 11.3 Å². The highest BCUT2D eigenvalue weighted by Crippen LogP contribution is 2.27. The van der Waals surface area contributed by atoms with Crippen molar-refractivity contribution in [3.05, 3.63) is 48.5 Å². The van der Waals surface area contributed by atoms with Gasteiger partial charge in [-0.3, -0.25) is 5.10 Å². The molecule has 0 saturated heterocycles. The Bertz CT molecular complexity index is 720. The van der Waals surface area contributed by atoms with Crippen LogP contribution in [0.5, 0.6) is 11.5 Å². The summed E-state index contributed by atoms with van der Waals surface area (Å²) in [5, 5.41) is 16.8. The Kier molecular flexibility index (Phi) is 3.09. The SMILES string of the molecule is COc1ccc(-c2n[nH]c(-c3ccccc3O)n2)cc1. The van der Waals surface area contributed by atoms with Crippen LogP contribution in [-0.2, 0) is 0 Å². The van der Waals surface area contributed by atoms with Crippen molar-refractivity contribution in [1.82, 2.24) is 15.2 Å². The fraction of sp³-hybridized carbons (Fsp3) is 0.0667. The van der Waals surface area contributed by atoms with Gasteiger partial charge in [0, 0.05) is 5.56 Å². The van der Waals surface area contributed by atoms with E-state index >= 15 is 0 Å². The number of phenolic OH excluding ortho intramolecular Hbond substituents is 1. The van der Waals surface area contributed by atoms with Gasteiger partial charge >= 0.3 is 0 Å². The fourth-order valence-electron chi connectivity index (χ4n) is 1.93. The van der Waals surface area contributed by atoms with Crippen molar-refractivity contribution >= 4 is 0 Å². The Balaban J connectivity index is 1.95. The molecule has 3 rings (SSSR count). The highest BCUT2D eigenvalue weighted by molar-refractivity contribution is 5.66. The highest BCUT2D eigenvalue weighted by atomic mass is 16.5. The Morgan fingerprint density at radius 3 is 2.50 bits per heavy atom. The lowest BCUT2D eigenvalue weighted by Crippen LogP contribution is -1.84. The van der Waals surface area contributed by atoms with Gasteiger partial charge in [-0.25, -0.2) is 4.98 Å². The van der Waals surface area contributed by atoms with Crippen molar-refractivity contribution in [2.45, 2.75) is 0 Å².